The lowest BCUT2D eigenvalue weighted by molar-refractivity contribution is 0.519. The van der Waals surface area contributed by atoms with Gasteiger partial charge in [-0.3, -0.25) is 0 Å². The van der Waals surface area contributed by atoms with Crippen molar-refractivity contribution in [3.8, 4) is 0 Å². The van der Waals surface area contributed by atoms with Gasteiger partial charge in [-0.2, -0.15) is 0 Å². The van der Waals surface area contributed by atoms with E-state index in [0.29, 0.717) is 12.1 Å². The third-order valence-corrected chi connectivity index (χ3v) is 1.85. The maximum Gasteiger partial charge on any atom is 0.132 e. The molecule has 0 aliphatic rings. The molecule has 0 aromatic heterocycles. The normalized spacial score (nSPS) is 12.6. The second-order valence-corrected chi connectivity index (χ2v) is 2.81. The first kappa shape index (κ1) is 9.84. The SMILES string of the molecule is C=C[C@@H](C)c1c(F)cc(F)cc1F. The van der Waals surface area contributed by atoms with Crippen molar-refractivity contribution in [2.75, 3.05) is 0 Å². The maximum absolute atomic E-state index is 13.0. The highest BCUT2D eigenvalue weighted by Gasteiger charge is 2.14. The maximum atomic E-state index is 13.0. The van der Waals surface area contributed by atoms with E-state index in [2.05, 4.69) is 6.58 Å². The van der Waals surface area contributed by atoms with Crippen LogP contribution in [0, 0.1) is 17.5 Å². The Morgan fingerprint density at radius 3 is 2.08 bits per heavy atom. The average Bonchev–Trinajstić information content (AvgIpc) is 2.02. The molecule has 0 aliphatic heterocycles. The summed E-state index contributed by atoms with van der Waals surface area (Å²) in [5, 5.41) is 0. The summed E-state index contributed by atoms with van der Waals surface area (Å²) in [5.74, 6) is -3.11. The highest BCUT2D eigenvalue weighted by Crippen LogP contribution is 2.23. The highest BCUT2D eigenvalue weighted by molar-refractivity contribution is 5.26. The number of hydrogen-bond acceptors (Lipinski definition) is 0. The van der Waals surface area contributed by atoms with Crippen molar-refractivity contribution in [3.05, 3.63) is 47.8 Å². The third-order valence-electron chi connectivity index (χ3n) is 1.85. The summed E-state index contributed by atoms with van der Waals surface area (Å²) in [6, 6.07) is 1.33. The molecule has 0 unspecified atom stereocenters. The first-order valence-electron chi connectivity index (χ1n) is 3.83. The van der Waals surface area contributed by atoms with E-state index in [-0.39, 0.29) is 5.56 Å². The molecule has 0 fully saturated rings. The van der Waals surface area contributed by atoms with Gasteiger partial charge in [0, 0.05) is 23.6 Å². The van der Waals surface area contributed by atoms with E-state index in [1.807, 2.05) is 0 Å². The van der Waals surface area contributed by atoms with Gasteiger partial charge in [0.05, 0.1) is 0 Å². The fraction of sp³-hybridized carbons (Fsp3) is 0.200. The number of rotatable bonds is 2. The Kier molecular flexibility index (Phi) is 2.76. The molecule has 0 radical (unpaired) electrons. The summed E-state index contributed by atoms with van der Waals surface area (Å²) >= 11 is 0. The van der Waals surface area contributed by atoms with Crippen LogP contribution in [0.3, 0.4) is 0 Å². The Morgan fingerprint density at radius 2 is 1.69 bits per heavy atom. The smallest absolute Gasteiger partial charge is 0.132 e. The lowest BCUT2D eigenvalue weighted by Crippen LogP contribution is -1.99. The molecule has 0 N–H and O–H groups in total. The number of hydrogen-bond donors (Lipinski definition) is 0. The van der Waals surface area contributed by atoms with E-state index in [1.54, 1.807) is 6.92 Å². The molecule has 0 nitrogen and oxygen atoms in total. The second-order valence-electron chi connectivity index (χ2n) is 2.81. The minimum Gasteiger partial charge on any atom is -0.207 e. The molecule has 0 amide bonds. The van der Waals surface area contributed by atoms with Gasteiger partial charge in [-0.25, -0.2) is 13.2 Å². The summed E-state index contributed by atoms with van der Waals surface area (Å²) in [7, 11) is 0. The monoisotopic (exact) mass is 186 g/mol. The molecule has 1 atom stereocenters. The Morgan fingerprint density at radius 1 is 1.23 bits per heavy atom. The van der Waals surface area contributed by atoms with Gasteiger partial charge in [0.15, 0.2) is 0 Å². The molecule has 13 heavy (non-hydrogen) atoms. The van der Waals surface area contributed by atoms with E-state index in [1.165, 1.54) is 6.08 Å². The lowest BCUT2D eigenvalue weighted by Gasteiger charge is -2.08. The molecule has 1 aromatic carbocycles. The van der Waals surface area contributed by atoms with Crippen LogP contribution in [0.1, 0.15) is 18.4 Å². The Balaban J connectivity index is 3.28. The lowest BCUT2D eigenvalue weighted by atomic mass is 10.0. The van der Waals surface area contributed by atoms with Crippen LogP contribution in [-0.4, -0.2) is 0 Å². The summed E-state index contributed by atoms with van der Waals surface area (Å²) in [4.78, 5) is 0. The predicted octanol–water partition coefficient (Wildman–Crippen LogP) is 3.39. The molecule has 3 heteroatoms. The summed E-state index contributed by atoms with van der Waals surface area (Å²) in [6.45, 7) is 5.00. The summed E-state index contributed by atoms with van der Waals surface area (Å²) < 4.78 is 38.5. The van der Waals surface area contributed by atoms with Crippen molar-refractivity contribution in [2.45, 2.75) is 12.8 Å². The van der Waals surface area contributed by atoms with Gasteiger partial charge in [0.1, 0.15) is 17.5 Å². The van der Waals surface area contributed by atoms with Crippen molar-refractivity contribution in [1.29, 1.82) is 0 Å². The minimum absolute atomic E-state index is 0.142. The topological polar surface area (TPSA) is 0 Å². The molecular weight excluding hydrogens is 177 g/mol. The molecule has 0 saturated carbocycles. The Bertz CT molecular complexity index is 308. The van der Waals surface area contributed by atoms with Gasteiger partial charge in [-0.15, -0.1) is 6.58 Å². The fourth-order valence-corrected chi connectivity index (χ4v) is 1.11. The molecule has 0 heterocycles. The van der Waals surface area contributed by atoms with Gasteiger partial charge < -0.3 is 0 Å². The zero-order valence-corrected chi connectivity index (χ0v) is 7.15. The largest absolute Gasteiger partial charge is 0.207 e. The summed E-state index contributed by atoms with van der Waals surface area (Å²) in [6.07, 6.45) is 1.40. The van der Waals surface area contributed by atoms with Crippen LogP contribution in [0.2, 0.25) is 0 Å². The first-order chi connectivity index (χ1) is 6.06. The molecule has 0 aliphatic carbocycles. The molecule has 1 aromatic rings. The van der Waals surface area contributed by atoms with Crippen molar-refractivity contribution < 1.29 is 13.2 Å². The van der Waals surface area contributed by atoms with Crippen LogP contribution >= 0.6 is 0 Å². The molecular formula is C10H9F3. The number of benzene rings is 1. The van der Waals surface area contributed by atoms with Crippen LogP contribution in [0.15, 0.2) is 24.8 Å². The van der Waals surface area contributed by atoms with Gasteiger partial charge >= 0.3 is 0 Å². The number of halogens is 3. The molecule has 1 rings (SSSR count). The minimum atomic E-state index is -0.907. The van der Waals surface area contributed by atoms with Gasteiger partial charge in [-0.05, 0) is 0 Å². The molecule has 70 valence electrons. The van der Waals surface area contributed by atoms with Crippen molar-refractivity contribution in [3.63, 3.8) is 0 Å². The van der Waals surface area contributed by atoms with Crippen LogP contribution in [0.25, 0.3) is 0 Å². The zero-order chi connectivity index (χ0) is 10.0. The van der Waals surface area contributed by atoms with E-state index >= 15 is 0 Å². The molecule has 0 saturated heterocycles. The van der Waals surface area contributed by atoms with Gasteiger partial charge in [0.25, 0.3) is 0 Å². The quantitative estimate of drug-likeness (QED) is 0.621. The van der Waals surface area contributed by atoms with E-state index in [4.69, 9.17) is 0 Å². The van der Waals surface area contributed by atoms with Gasteiger partial charge in [-0.1, -0.05) is 13.0 Å². The average molecular weight is 186 g/mol. The fourth-order valence-electron chi connectivity index (χ4n) is 1.11. The van der Waals surface area contributed by atoms with E-state index in [9.17, 15) is 13.2 Å². The van der Waals surface area contributed by atoms with Crippen LogP contribution in [-0.2, 0) is 0 Å². The van der Waals surface area contributed by atoms with Crippen LogP contribution < -0.4 is 0 Å². The van der Waals surface area contributed by atoms with Crippen molar-refractivity contribution >= 4 is 0 Å². The predicted molar refractivity (Wildman–Crippen MR) is 44.9 cm³/mol. The van der Waals surface area contributed by atoms with Crippen molar-refractivity contribution in [1.82, 2.24) is 0 Å². The van der Waals surface area contributed by atoms with Gasteiger partial charge in [0.2, 0.25) is 0 Å². The highest BCUT2D eigenvalue weighted by atomic mass is 19.1. The standard InChI is InChI=1S/C10H9F3/c1-3-6(2)10-8(12)4-7(11)5-9(10)13/h3-6H,1H2,2H3/t6-/m1/s1. The number of allylic oxidation sites excluding steroid dienone is 1. The molecule has 0 spiro atoms. The Labute approximate surface area is 74.7 Å². The summed E-state index contributed by atoms with van der Waals surface area (Å²) in [5.41, 5.74) is -0.142. The zero-order valence-electron chi connectivity index (χ0n) is 7.15. The van der Waals surface area contributed by atoms with E-state index in [0.717, 1.165) is 0 Å². The molecule has 0 bridgehead atoms. The second kappa shape index (κ2) is 3.64. The van der Waals surface area contributed by atoms with Crippen molar-refractivity contribution in [2.24, 2.45) is 0 Å². The Hall–Kier alpha value is -1.25. The van der Waals surface area contributed by atoms with Crippen LogP contribution in [0.5, 0.6) is 0 Å². The van der Waals surface area contributed by atoms with Crippen LogP contribution in [0.4, 0.5) is 13.2 Å². The van der Waals surface area contributed by atoms with E-state index < -0.39 is 23.4 Å². The first-order valence-corrected chi connectivity index (χ1v) is 3.83. The third kappa shape index (κ3) is 1.91.